The Bertz CT molecular complexity index is 668. The summed E-state index contributed by atoms with van der Waals surface area (Å²) in [4.78, 5) is 13.7. The van der Waals surface area contributed by atoms with Crippen molar-refractivity contribution < 1.29 is 14.6 Å². The number of carbonyl (C=O) groups excluding carboxylic acids is 1. The molecule has 2 aromatic rings. The summed E-state index contributed by atoms with van der Waals surface area (Å²) >= 11 is 0. The summed E-state index contributed by atoms with van der Waals surface area (Å²) in [5, 5.41) is 8.82. The Morgan fingerprint density at radius 1 is 1.04 bits per heavy atom. The lowest BCUT2D eigenvalue weighted by Gasteiger charge is -2.19. The summed E-state index contributed by atoms with van der Waals surface area (Å²) in [5.74, 6) is 0.0900. The fraction of sp³-hybridized carbons (Fsp3) is 0.350. The summed E-state index contributed by atoms with van der Waals surface area (Å²) in [5.41, 5.74) is 4.89. The molecule has 0 aromatic heterocycles. The van der Waals surface area contributed by atoms with Crippen molar-refractivity contribution in [3.8, 4) is 11.1 Å². The first kappa shape index (κ1) is 16.5. The molecular formula is C20H23NO3. The van der Waals surface area contributed by atoms with E-state index in [1.807, 2.05) is 24.3 Å². The van der Waals surface area contributed by atoms with Crippen LogP contribution in [0.5, 0.6) is 0 Å². The Morgan fingerprint density at radius 3 is 2.21 bits per heavy atom. The monoisotopic (exact) mass is 325 g/mol. The summed E-state index contributed by atoms with van der Waals surface area (Å²) in [6.07, 6.45) is 1.16. The Kier molecular flexibility index (Phi) is 5.16. The van der Waals surface area contributed by atoms with E-state index in [0.717, 1.165) is 6.42 Å². The predicted octanol–water partition coefficient (Wildman–Crippen LogP) is 3.64. The van der Waals surface area contributed by atoms with Gasteiger partial charge in [-0.15, -0.1) is 0 Å². The number of fused-ring (bicyclic) bond motifs is 3. The van der Waals surface area contributed by atoms with Gasteiger partial charge in [0.15, 0.2) is 0 Å². The highest BCUT2D eigenvalue weighted by Gasteiger charge is 2.29. The third-order valence-corrected chi connectivity index (χ3v) is 4.55. The van der Waals surface area contributed by atoms with Crippen LogP contribution in [0.4, 0.5) is 4.79 Å². The van der Waals surface area contributed by atoms with Crippen molar-refractivity contribution in [1.82, 2.24) is 4.90 Å². The van der Waals surface area contributed by atoms with Gasteiger partial charge in [0.1, 0.15) is 6.61 Å². The van der Waals surface area contributed by atoms with Crippen molar-refractivity contribution in [3.05, 3.63) is 59.7 Å². The van der Waals surface area contributed by atoms with Crippen LogP contribution in [0.3, 0.4) is 0 Å². The van der Waals surface area contributed by atoms with Gasteiger partial charge < -0.3 is 14.7 Å². The molecule has 1 amide bonds. The van der Waals surface area contributed by atoms with Crippen LogP contribution in [-0.2, 0) is 4.74 Å². The first-order chi connectivity index (χ1) is 11.7. The quantitative estimate of drug-likeness (QED) is 0.825. The van der Waals surface area contributed by atoms with Crippen LogP contribution < -0.4 is 0 Å². The summed E-state index contributed by atoms with van der Waals surface area (Å²) in [6.45, 7) is 1.09. The molecule has 1 aliphatic rings. The van der Waals surface area contributed by atoms with Crippen molar-refractivity contribution >= 4 is 6.09 Å². The topological polar surface area (TPSA) is 49.8 Å². The number of aliphatic hydroxyl groups excluding tert-OH is 1. The molecule has 3 rings (SSSR count). The second-order valence-electron chi connectivity index (χ2n) is 6.16. The maximum absolute atomic E-state index is 12.2. The van der Waals surface area contributed by atoms with Crippen molar-refractivity contribution in [2.45, 2.75) is 18.8 Å². The molecule has 0 saturated heterocycles. The van der Waals surface area contributed by atoms with E-state index in [9.17, 15) is 4.79 Å². The molecule has 0 aliphatic heterocycles. The van der Waals surface area contributed by atoms with Crippen LogP contribution in [0.25, 0.3) is 11.1 Å². The number of benzene rings is 2. The molecule has 2 aromatic carbocycles. The molecule has 24 heavy (non-hydrogen) atoms. The third kappa shape index (κ3) is 3.29. The van der Waals surface area contributed by atoms with Crippen molar-refractivity contribution in [2.75, 3.05) is 26.8 Å². The number of nitrogens with zero attached hydrogens (tertiary/aromatic N) is 1. The molecule has 0 saturated carbocycles. The number of carbonyl (C=O) groups is 1. The normalized spacial score (nSPS) is 12.6. The van der Waals surface area contributed by atoms with Gasteiger partial charge in [0.2, 0.25) is 0 Å². The van der Waals surface area contributed by atoms with Gasteiger partial charge in [-0.3, -0.25) is 0 Å². The van der Waals surface area contributed by atoms with E-state index in [4.69, 9.17) is 9.84 Å². The predicted molar refractivity (Wildman–Crippen MR) is 94.0 cm³/mol. The van der Waals surface area contributed by atoms with Crippen molar-refractivity contribution in [3.63, 3.8) is 0 Å². The van der Waals surface area contributed by atoms with E-state index < -0.39 is 0 Å². The zero-order chi connectivity index (χ0) is 16.9. The molecule has 0 spiro atoms. The molecule has 0 bridgehead atoms. The van der Waals surface area contributed by atoms with Crippen LogP contribution in [0.15, 0.2) is 48.5 Å². The van der Waals surface area contributed by atoms with Crippen LogP contribution >= 0.6 is 0 Å². The van der Waals surface area contributed by atoms with E-state index in [1.54, 1.807) is 11.9 Å². The molecule has 4 heteroatoms. The maximum Gasteiger partial charge on any atom is 0.409 e. The van der Waals surface area contributed by atoms with Crippen LogP contribution in [-0.4, -0.2) is 42.9 Å². The second-order valence-corrected chi connectivity index (χ2v) is 6.16. The van der Waals surface area contributed by atoms with E-state index in [2.05, 4.69) is 24.3 Å². The van der Waals surface area contributed by atoms with Gasteiger partial charge in [-0.25, -0.2) is 4.79 Å². The van der Waals surface area contributed by atoms with Crippen LogP contribution in [0.2, 0.25) is 0 Å². The highest BCUT2D eigenvalue weighted by atomic mass is 16.6. The molecule has 0 fully saturated rings. The number of unbranched alkanes of at least 4 members (excludes halogenated alkanes) is 1. The van der Waals surface area contributed by atoms with E-state index >= 15 is 0 Å². The second kappa shape index (κ2) is 7.49. The number of amides is 1. The number of ether oxygens (including phenoxy) is 1. The van der Waals surface area contributed by atoms with E-state index in [-0.39, 0.29) is 18.6 Å². The Morgan fingerprint density at radius 2 is 1.62 bits per heavy atom. The number of rotatable bonds is 6. The first-order valence-electron chi connectivity index (χ1n) is 8.39. The molecule has 1 aliphatic carbocycles. The van der Waals surface area contributed by atoms with E-state index in [0.29, 0.717) is 19.6 Å². The molecule has 0 unspecified atom stereocenters. The number of hydrogen-bond acceptors (Lipinski definition) is 3. The van der Waals surface area contributed by atoms with Crippen molar-refractivity contribution in [1.29, 1.82) is 0 Å². The fourth-order valence-corrected chi connectivity index (χ4v) is 3.26. The molecular weight excluding hydrogens is 302 g/mol. The largest absolute Gasteiger partial charge is 0.448 e. The fourth-order valence-electron chi connectivity index (χ4n) is 3.26. The minimum atomic E-state index is -0.310. The molecule has 0 atom stereocenters. The van der Waals surface area contributed by atoms with Crippen LogP contribution in [0, 0.1) is 0 Å². The minimum Gasteiger partial charge on any atom is -0.448 e. The van der Waals surface area contributed by atoms with Gasteiger partial charge in [-0.2, -0.15) is 0 Å². The highest BCUT2D eigenvalue weighted by molar-refractivity contribution is 5.79. The molecule has 1 N–H and O–H groups in total. The zero-order valence-corrected chi connectivity index (χ0v) is 13.9. The third-order valence-electron chi connectivity index (χ3n) is 4.55. The highest BCUT2D eigenvalue weighted by Crippen LogP contribution is 2.44. The van der Waals surface area contributed by atoms with Gasteiger partial charge in [0.05, 0.1) is 0 Å². The molecule has 0 heterocycles. The summed E-state index contributed by atoms with van der Waals surface area (Å²) in [6, 6.07) is 16.6. The summed E-state index contributed by atoms with van der Waals surface area (Å²) in [7, 11) is 1.73. The smallest absolute Gasteiger partial charge is 0.409 e. The standard InChI is InChI=1S/C20H23NO3/c1-21(12-6-7-13-22)20(23)24-14-19-17-10-4-2-8-15(17)16-9-3-5-11-18(16)19/h2-5,8-11,19,22H,6-7,12-14H2,1H3. The van der Waals surface area contributed by atoms with Crippen LogP contribution in [0.1, 0.15) is 29.9 Å². The number of hydrogen-bond donors (Lipinski definition) is 1. The van der Waals surface area contributed by atoms with Gasteiger partial charge >= 0.3 is 6.09 Å². The SMILES string of the molecule is CN(CCCCO)C(=O)OCC1c2ccccc2-c2ccccc21. The Balaban J connectivity index is 1.68. The van der Waals surface area contributed by atoms with Crippen molar-refractivity contribution in [2.24, 2.45) is 0 Å². The lowest BCUT2D eigenvalue weighted by atomic mass is 9.98. The maximum atomic E-state index is 12.2. The number of aliphatic hydroxyl groups is 1. The Labute approximate surface area is 142 Å². The molecule has 4 nitrogen and oxygen atoms in total. The molecule has 0 radical (unpaired) electrons. The zero-order valence-electron chi connectivity index (χ0n) is 13.9. The molecule has 126 valence electrons. The summed E-state index contributed by atoms with van der Waals surface area (Å²) < 4.78 is 5.56. The van der Waals surface area contributed by atoms with Gasteiger partial charge in [0, 0.05) is 26.1 Å². The van der Waals surface area contributed by atoms with E-state index in [1.165, 1.54) is 22.3 Å². The van der Waals surface area contributed by atoms with Gasteiger partial charge in [-0.1, -0.05) is 48.5 Å². The lowest BCUT2D eigenvalue weighted by Crippen LogP contribution is -2.29. The lowest BCUT2D eigenvalue weighted by molar-refractivity contribution is 0.107. The Hall–Kier alpha value is -2.33. The first-order valence-corrected chi connectivity index (χ1v) is 8.39. The van der Waals surface area contributed by atoms with Gasteiger partial charge in [0.25, 0.3) is 0 Å². The average molecular weight is 325 g/mol. The minimum absolute atomic E-state index is 0.0900. The van der Waals surface area contributed by atoms with Gasteiger partial charge in [-0.05, 0) is 35.1 Å². The average Bonchev–Trinajstić information content (AvgIpc) is 2.94.